The summed E-state index contributed by atoms with van der Waals surface area (Å²) in [6, 6.07) is -0.157. The Kier molecular flexibility index (Phi) is 5.93. The Hall–Kier alpha value is -1.14. The second-order valence-electron chi connectivity index (χ2n) is 4.24. The highest BCUT2D eigenvalue weighted by Gasteiger charge is 2.24. The van der Waals surface area contributed by atoms with Gasteiger partial charge < -0.3 is 10.4 Å². The number of carbonyl (C=O) groups excluding carboxylic acids is 2. The summed E-state index contributed by atoms with van der Waals surface area (Å²) in [5, 5.41) is 13.7. The monoisotopic (exact) mass is 243 g/mol. The summed E-state index contributed by atoms with van der Waals surface area (Å²) in [6.07, 6.45) is 2.63. The Morgan fingerprint density at radius 1 is 1.41 bits per heavy atom. The van der Waals surface area contributed by atoms with Crippen LogP contribution < -0.4 is 10.6 Å². The van der Waals surface area contributed by atoms with Crippen molar-refractivity contribution in [2.75, 3.05) is 26.2 Å². The zero-order valence-electron chi connectivity index (χ0n) is 10.2. The number of hydrogen-bond donors (Lipinski definition) is 3. The van der Waals surface area contributed by atoms with Crippen LogP contribution >= 0.6 is 0 Å². The molecule has 3 amide bonds. The van der Waals surface area contributed by atoms with Crippen LogP contribution in [0.4, 0.5) is 4.79 Å². The molecule has 1 fully saturated rings. The molecule has 0 aromatic carbocycles. The number of urea groups is 1. The van der Waals surface area contributed by atoms with E-state index in [4.69, 9.17) is 5.11 Å². The average Bonchev–Trinajstić information content (AvgIpc) is 3.07. The molecule has 0 aliphatic heterocycles. The van der Waals surface area contributed by atoms with E-state index in [2.05, 4.69) is 10.6 Å². The van der Waals surface area contributed by atoms with Gasteiger partial charge in [-0.2, -0.15) is 0 Å². The maximum absolute atomic E-state index is 11.5. The maximum atomic E-state index is 11.5. The molecular weight excluding hydrogens is 222 g/mol. The molecule has 0 unspecified atom stereocenters. The third-order valence-corrected chi connectivity index (χ3v) is 2.61. The van der Waals surface area contributed by atoms with Crippen LogP contribution in [0, 0.1) is 0 Å². The molecule has 0 atom stereocenters. The van der Waals surface area contributed by atoms with Crippen molar-refractivity contribution in [3.63, 3.8) is 0 Å². The van der Waals surface area contributed by atoms with Crippen LogP contribution in [0.3, 0.4) is 0 Å². The number of nitrogens with one attached hydrogen (secondary N) is 2. The van der Waals surface area contributed by atoms with E-state index in [0.29, 0.717) is 13.0 Å². The third-order valence-electron chi connectivity index (χ3n) is 2.61. The summed E-state index contributed by atoms with van der Waals surface area (Å²) < 4.78 is 0. The van der Waals surface area contributed by atoms with Crippen LogP contribution in [-0.4, -0.2) is 54.2 Å². The second-order valence-corrected chi connectivity index (χ2v) is 4.24. The molecule has 0 bridgehead atoms. The van der Waals surface area contributed by atoms with Crippen molar-refractivity contribution in [3.8, 4) is 0 Å². The molecule has 1 aliphatic carbocycles. The smallest absolute Gasteiger partial charge is 0.321 e. The van der Waals surface area contributed by atoms with E-state index in [1.54, 1.807) is 0 Å². The molecule has 1 rings (SSSR count). The standard InChI is InChI=1S/C11H21N3O3/c1-2-14(6-3-7-15)8-10(16)13-11(17)12-9-4-5-9/h9,15H,2-8H2,1H3,(H2,12,13,16,17). The number of likely N-dealkylation sites (N-methyl/N-ethyl adjacent to an activating group) is 1. The number of imide groups is 1. The summed E-state index contributed by atoms with van der Waals surface area (Å²) in [6.45, 7) is 3.62. The number of aliphatic hydroxyl groups is 1. The quantitative estimate of drug-likeness (QED) is 0.572. The zero-order chi connectivity index (χ0) is 12.7. The lowest BCUT2D eigenvalue weighted by molar-refractivity contribution is -0.121. The van der Waals surface area contributed by atoms with Crippen molar-refractivity contribution in [1.82, 2.24) is 15.5 Å². The summed E-state index contributed by atoms with van der Waals surface area (Å²) >= 11 is 0. The Labute approximate surface area is 101 Å². The summed E-state index contributed by atoms with van der Waals surface area (Å²) in [7, 11) is 0. The van der Waals surface area contributed by atoms with Gasteiger partial charge in [0.25, 0.3) is 0 Å². The molecule has 0 spiro atoms. The molecule has 0 saturated heterocycles. The van der Waals surface area contributed by atoms with Gasteiger partial charge in [0.15, 0.2) is 0 Å². The molecule has 0 aromatic rings. The lowest BCUT2D eigenvalue weighted by atomic mass is 10.3. The van der Waals surface area contributed by atoms with Gasteiger partial charge in [0, 0.05) is 19.2 Å². The minimum Gasteiger partial charge on any atom is -0.396 e. The molecular formula is C11H21N3O3. The molecule has 6 nitrogen and oxygen atoms in total. The van der Waals surface area contributed by atoms with E-state index in [0.717, 1.165) is 19.4 Å². The Morgan fingerprint density at radius 3 is 2.65 bits per heavy atom. The first-order valence-electron chi connectivity index (χ1n) is 6.09. The van der Waals surface area contributed by atoms with Crippen molar-refractivity contribution < 1.29 is 14.7 Å². The number of hydrogen-bond acceptors (Lipinski definition) is 4. The van der Waals surface area contributed by atoms with E-state index < -0.39 is 6.03 Å². The van der Waals surface area contributed by atoms with Crippen LogP contribution in [0.1, 0.15) is 26.2 Å². The number of amides is 3. The van der Waals surface area contributed by atoms with Gasteiger partial charge in [0.2, 0.25) is 5.91 Å². The van der Waals surface area contributed by atoms with E-state index in [-0.39, 0.29) is 25.1 Å². The highest BCUT2D eigenvalue weighted by atomic mass is 16.3. The highest BCUT2D eigenvalue weighted by molar-refractivity contribution is 5.95. The SMILES string of the molecule is CCN(CCCO)CC(=O)NC(=O)NC1CC1. The Bertz CT molecular complexity index is 267. The summed E-state index contributed by atoms with van der Waals surface area (Å²) in [5.74, 6) is -0.303. The van der Waals surface area contributed by atoms with Gasteiger partial charge in [-0.25, -0.2) is 4.79 Å². The largest absolute Gasteiger partial charge is 0.396 e. The van der Waals surface area contributed by atoms with Gasteiger partial charge in [-0.05, 0) is 25.8 Å². The summed E-state index contributed by atoms with van der Waals surface area (Å²) in [5.41, 5.74) is 0. The fourth-order valence-corrected chi connectivity index (χ4v) is 1.46. The number of carbonyl (C=O) groups is 2. The second kappa shape index (κ2) is 7.24. The van der Waals surface area contributed by atoms with Crippen LogP contribution in [0.2, 0.25) is 0 Å². The molecule has 6 heteroatoms. The van der Waals surface area contributed by atoms with Gasteiger partial charge in [0.1, 0.15) is 0 Å². The zero-order valence-corrected chi connectivity index (χ0v) is 10.2. The van der Waals surface area contributed by atoms with Gasteiger partial charge in [-0.1, -0.05) is 6.92 Å². The van der Waals surface area contributed by atoms with Crippen LogP contribution in [0.25, 0.3) is 0 Å². The van der Waals surface area contributed by atoms with Crippen molar-refractivity contribution >= 4 is 11.9 Å². The Balaban J connectivity index is 2.18. The van der Waals surface area contributed by atoms with E-state index in [1.807, 2.05) is 11.8 Å². The molecule has 0 heterocycles. The molecule has 98 valence electrons. The van der Waals surface area contributed by atoms with Crippen molar-refractivity contribution in [1.29, 1.82) is 0 Å². The van der Waals surface area contributed by atoms with Crippen LogP contribution in [0.15, 0.2) is 0 Å². The normalized spacial score (nSPS) is 14.8. The fourth-order valence-electron chi connectivity index (χ4n) is 1.46. The molecule has 3 N–H and O–H groups in total. The lowest BCUT2D eigenvalue weighted by Crippen LogP contribution is -2.45. The first-order valence-corrected chi connectivity index (χ1v) is 6.09. The third kappa shape index (κ3) is 6.23. The molecule has 1 saturated carbocycles. The average molecular weight is 243 g/mol. The highest BCUT2D eigenvalue weighted by Crippen LogP contribution is 2.18. The summed E-state index contributed by atoms with van der Waals surface area (Å²) in [4.78, 5) is 24.7. The van der Waals surface area contributed by atoms with Crippen molar-refractivity contribution in [2.24, 2.45) is 0 Å². The van der Waals surface area contributed by atoms with E-state index in [1.165, 1.54) is 0 Å². The fraction of sp³-hybridized carbons (Fsp3) is 0.818. The maximum Gasteiger partial charge on any atom is 0.321 e. The van der Waals surface area contributed by atoms with Gasteiger partial charge >= 0.3 is 6.03 Å². The van der Waals surface area contributed by atoms with Crippen molar-refractivity contribution in [2.45, 2.75) is 32.2 Å². The van der Waals surface area contributed by atoms with Crippen LogP contribution in [0.5, 0.6) is 0 Å². The lowest BCUT2D eigenvalue weighted by Gasteiger charge is -2.18. The number of aliphatic hydroxyl groups excluding tert-OH is 1. The van der Waals surface area contributed by atoms with Gasteiger partial charge in [-0.3, -0.25) is 15.0 Å². The number of nitrogens with zero attached hydrogens (tertiary/aromatic N) is 1. The van der Waals surface area contributed by atoms with Crippen LogP contribution in [-0.2, 0) is 4.79 Å². The van der Waals surface area contributed by atoms with E-state index >= 15 is 0 Å². The van der Waals surface area contributed by atoms with Gasteiger partial charge in [-0.15, -0.1) is 0 Å². The molecule has 1 aliphatic rings. The first-order chi connectivity index (χ1) is 8.15. The minimum absolute atomic E-state index is 0.111. The number of rotatable bonds is 7. The topological polar surface area (TPSA) is 81.7 Å². The Morgan fingerprint density at radius 2 is 2.12 bits per heavy atom. The van der Waals surface area contributed by atoms with E-state index in [9.17, 15) is 9.59 Å². The van der Waals surface area contributed by atoms with Gasteiger partial charge in [0.05, 0.1) is 6.54 Å². The molecule has 0 aromatic heterocycles. The predicted molar refractivity (Wildman–Crippen MR) is 63.5 cm³/mol. The first kappa shape index (κ1) is 13.9. The molecule has 17 heavy (non-hydrogen) atoms. The minimum atomic E-state index is -0.407. The predicted octanol–water partition coefficient (Wildman–Crippen LogP) is -0.321. The molecule has 0 radical (unpaired) electrons. The van der Waals surface area contributed by atoms with Crippen molar-refractivity contribution in [3.05, 3.63) is 0 Å².